The van der Waals surface area contributed by atoms with Crippen molar-refractivity contribution in [2.75, 3.05) is 17.3 Å². The predicted octanol–water partition coefficient (Wildman–Crippen LogP) is 6.17. The molecule has 0 spiro atoms. The summed E-state index contributed by atoms with van der Waals surface area (Å²) in [6, 6.07) is 15.8. The van der Waals surface area contributed by atoms with Gasteiger partial charge in [0.15, 0.2) is 0 Å². The van der Waals surface area contributed by atoms with Gasteiger partial charge in [0.1, 0.15) is 0 Å². The number of amides is 2. The third-order valence-electron chi connectivity index (χ3n) is 4.68. The van der Waals surface area contributed by atoms with Crippen LogP contribution in [0, 0.1) is 0 Å². The molecule has 1 atom stereocenters. The van der Waals surface area contributed by atoms with Crippen molar-refractivity contribution in [2.24, 2.45) is 0 Å². The molecule has 0 saturated carbocycles. The lowest BCUT2D eigenvalue weighted by molar-refractivity contribution is 0.258. The van der Waals surface area contributed by atoms with Gasteiger partial charge in [-0.25, -0.2) is 4.79 Å². The monoisotopic (exact) mass is 338 g/mol. The first-order chi connectivity index (χ1) is 11.8. The minimum Gasteiger partial charge on any atom is -0.308 e. The molecule has 2 aromatic carbocycles. The van der Waals surface area contributed by atoms with Crippen LogP contribution in [0.2, 0.25) is 0 Å². The van der Waals surface area contributed by atoms with E-state index in [1.165, 1.54) is 11.1 Å². The Morgan fingerprint density at radius 1 is 1.08 bits per heavy atom. The maximum atomic E-state index is 12.9. The Balaban J connectivity index is 2.45. The fourth-order valence-corrected chi connectivity index (χ4v) is 2.99. The maximum Gasteiger partial charge on any atom is 0.326 e. The van der Waals surface area contributed by atoms with Crippen molar-refractivity contribution in [3.05, 3.63) is 59.7 Å². The highest BCUT2D eigenvalue weighted by Gasteiger charge is 2.26. The second-order valence-corrected chi connectivity index (χ2v) is 7.66. The van der Waals surface area contributed by atoms with Gasteiger partial charge in [-0.3, -0.25) is 4.90 Å². The molecule has 1 unspecified atom stereocenters. The molecule has 0 bridgehead atoms. The van der Waals surface area contributed by atoms with Crippen LogP contribution < -0.4 is 10.2 Å². The zero-order chi connectivity index (χ0) is 18.6. The van der Waals surface area contributed by atoms with Crippen LogP contribution in [0.15, 0.2) is 48.5 Å². The Morgan fingerprint density at radius 2 is 1.72 bits per heavy atom. The van der Waals surface area contributed by atoms with Crippen LogP contribution in [-0.2, 0) is 5.41 Å². The van der Waals surface area contributed by atoms with Gasteiger partial charge in [-0.05, 0) is 41.0 Å². The van der Waals surface area contributed by atoms with E-state index < -0.39 is 0 Å². The number of nitrogens with zero attached hydrogens (tertiary/aromatic N) is 1. The van der Waals surface area contributed by atoms with Crippen LogP contribution >= 0.6 is 0 Å². The highest BCUT2D eigenvalue weighted by Crippen LogP contribution is 2.38. The molecule has 0 heterocycles. The molecule has 0 aromatic heterocycles. The maximum absolute atomic E-state index is 12.9. The summed E-state index contributed by atoms with van der Waals surface area (Å²) < 4.78 is 0. The molecule has 2 amide bonds. The van der Waals surface area contributed by atoms with E-state index in [1.807, 2.05) is 37.4 Å². The molecule has 2 aromatic rings. The highest BCUT2D eigenvalue weighted by atomic mass is 16.2. The quantitative estimate of drug-likeness (QED) is 0.710. The third kappa shape index (κ3) is 4.41. The van der Waals surface area contributed by atoms with E-state index >= 15 is 0 Å². The molecule has 3 nitrogen and oxygen atoms in total. The van der Waals surface area contributed by atoms with E-state index in [0.717, 1.165) is 17.8 Å². The molecule has 0 radical (unpaired) electrons. The van der Waals surface area contributed by atoms with Crippen molar-refractivity contribution >= 4 is 17.4 Å². The van der Waals surface area contributed by atoms with Gasteiger partial charge in [0.05, 0.1) is 5.69 Å². The summed E-state index contributed by atoms with van der Waals surface area (Å²) in [5.41, 5.74) is 4.20. The number of nitrogens with one attached hydrogen (secondary N) is 1. The Kier molecular flexibility index (Phi) is 5.89. The second kappa shape index (κ2) is 7.73. The predicted molar refractivity (Wildman–Crippen MR) is 108 cm³/mol. The number of carbonyl (C=O) groups excluding carboxylic acids is 1. The average molecular weight is 338 g/mol. The van der Waals surface area contributed by atoms with Crippen LogP contribution in [0.25, 0.3) is 0 Å². The van der Waals surface area contributed by atoms with Gasteiger partial charge in [-0.15, -0.1) is 0 Å². The van der Waals surface area contributed by atoms with E-state index in [0.29, 0.717) is 5.92 Å². The van der Waals surface area contributed by atoms with Gasteiger partial charge in [0, 0.05) is 12.7 Å². The highest BCUT2D eigenvalue weighted by molar-refractivity contribution is 6.02. The molecule has 3 heteroatoms. The summed E-state index contributed by atoms with van der Waals surface area (Å²) in [5, 5.41) is 2.99. The first-order valence-corrected chi connectivity index (χ1v) is 8.98. The molecule has 0 aliphatic heterocycles. The lowest BCUT2D eigenvalue weighted by Gasteiger charge is -2.31. The number of anilines is 2. The number of hydrogen-bond acceptors (Lipinski definition) is 1. The topological polar surface area (TPSA) is 32.3 Å². The molecular formula is C22H30N2O. The number of benzene rings is 2. The van der Waals surface area contributed by atoms with E-state index in [2.05, 4.69) is 58.1 Å². The van der Waals surface area contributed by atoms with E-state index in [1.54, 1.807) is 4.90 Å². The Labute approximate surface area is 152 Å². The number of urea groups is 1. The lowest BCUT2D eigenvalue weighted by Crippen LogP contribution is -2.34. The van der Waals surface area contributed by atoms with E-state index in [4.69, 9.17) is 0 Å². The van der Waals surface area contributed by atoms with Crippen molar-refractivity contribution in [1.29, 1.82) is 0 Å². The molecular weight excluding hydrogens is 308 g/mol. The first-order valence-electron chi connectivity index (χ1n) is 8.98. The van der Waals surface area contributed by atoms with Crippen molar-refractivity contribution in [2.45, 2.75) is 52.4 Å². The molecule has 0 saturated heterocycles. The van der Waals surface area contributed by atoms with Crippen LogP contribution in [0.1, 0.15) is 58.1 Å². The van der Waals surface area contributed by atoms with Gasteiger partial charge in [0.25, 0.3) is 0 Å². The summed E-state index contributed by atoms with van der Waals surface area (Å²) in [7, 11) is 1.86. The van der Waals surface area contributed by atoms with Crippen LogP contribution in [-0.4, -0.2) is 13.1 Å². The molecule has 0 aliphatic rings. The van der Waals surface area contributed by atoms with Crippen molar-refractivity contribution in [1.82, 2.24) is 0 Å². The summed E-state index contributed by atoms with van der Waals surface area (Å²) in [6.07, 6.45) is 1.04. The van der Waals surface area contributed by atoms with Gasteiger partial charge in [0.2, 0.25) is 0 Å². The van der Waals surface area contributed by atoms with Crippen LogP contribution in [0.3, 0.4) is 0 Å². The standard InChI is InChI=1S/C22H30N2O/c1-7-16(2)18-14-11-15-19(22(3,4)5)20(18)24(6)21(25)23-17-12-9-8-10-13-17/h8-16H,7H2,1-6H3,(H,23,25). The summed E-state index contributed by atoms with van der Waals surface area (Å²) in [4.78, 5) is 14.6. The smallest absolute Gasteiger partial charge is 0.308 e. The molecule has 2 rings (SSSR count). The molecule has 134 valence electrons. The summed E-state index contributed by atoms with van der Waals surface area (Å²) in [6.45, 7) is 11.0. The number of para-hydroxylation sites is 2. The zero-order valence-corrected chi connectivity index (χ0v) is 16.3. The van der Waals surface area contributed by atoms with Crippen LogP contribution in [0.4, 0.5) is 16.2 Å². The van der Waals surface area contributed by atoms with Gasteiger partial charge in [-0.1, -0.05) is 71.0 Å². The fourth-order valence-electron chi connectivity index (χ4n) is 2.99. The minimum atomic E-state index is -0.118. The number of hydrogen-bond donors (Lipinski definition) is 1. The van der Waals surface area contributed by atoms with E-state index in [9.17, 15) is 4.79 Å². The first kappa shape index (κ1) is 19.0. The average Bonchev–Trinajstić information content (AvgIpc) is 2.59. The Morgan fingerprint density at radius 3 is 2.28 bits per heavy atom. The van der Waals surface area contributed by atoms with Gasteiger partial charge >= 0.3 is 6.03 Å². The largest absolute Gasteiger partial charge is 0.326 e. The summed E-state index contributed by atoms with van der Waals surface area (Å²) in [5.74, 6) is 0.393. The number of carbonyl (C=O) groups is 1. The Hall–Kier alpha value is -2.29. The molecule has 0 aliphatic carbocycles. The van der Waals surface area contributed by atoms with Gasteiger partial charge in [-0.2, -0.15) is 0 Å². The fraction of sp³-hybridized carbons (Fsp3) is 0.409. The van der Waals surface area contributed by atoms with Gasteiger partial charge < -0.3 is 5.32 Å². The van der Waals surface area contributed by atoms with Crippen molar-refractivity contribution < 1.29 is 4.79 Å². The molecule has 0 fully saturated rings. The van der Waals surface area contributed by atoms with Crippen molar-refractivity contribution in [3.63, 3.8) is 0 Å². The normalized spacial score (nSPS) is 12.6. The number of rotatable bonds is 4. The molecule has 1 N–H and O–H groups in total. The molecule has 25 heavy (non-hydrogen) atoms. The zero-order valence-electron chi connectivity index (χ0n) is 16.3. The second-order valence-electron chi connectivity index (χ2n) is 7.66. The third-order valence-corrected chi connectivity index (χ3v) is 4.68. The lowest BCUT2D eigenvalue weighted by atomic mass is 9.82. The van der Waals surface area contributed by atoms with Crippen molar-refractivity contribution in [3.8, 4) is 0 Å². The van der Waals surface area contributed by atoms with Crippen LogP contribution in [0.5, 0.6) is 0 Å². The Bertz CT molecular complexity index is 717. The minimum absolute atomic E-state index is 0.0416. The van der Waals surface area contributed by atoms with E-state index in [-0.39, 0.29) is 11.4 Å². The summed E-state index contributed by atoms with van der Waals surface area (Å²) >= 11 is 0. The SMILES string of the molecule is CCC(C)c1cccc(C(C)(C)C)c1N(C)C(=O)Nc1ccccc1.